The SMILES string of the molecule is Cc1cc(C)c(NC(=O)Cc2cnn(-c3ccccc3)c2)c(C)n1. The molecule has 5 heteroatoms. The number of nitrogens with one attached hydrogen (secondary N) is 1. The number of para-hydroxylation sites is 1. The number of benzene rings is 1. The van der Waals surface area contributed by atoms with Crippen molar-refractivity contribution in [2.75, 3.05) is 5.32 Å². The second kappa shape index (κ2) is 6.66. The van der Waals surface area contributed by atoms with Crippen LogP contribution in [0.3, 0.4) is 0 Å². The molecule has 5 nitrogen and oxygen atoms in total. The highest BCUT2D eigenvalue weighted by Crippen LogP contribution is 2.19. The van der Waals surface area contributed by atoms with Crippen LogP contribution in [0.2, 0.25) is 0 Å². The first-order valence-corrected chi connectivity index (χ1v) is 7.86. The quantitative estimate of drug-likeness (QED) is 0.802. The van der Waals surface area contributed by atoms with Gasteiger partial charge in [-0.3, -0.25) is 9.78 Å². The molecule has 1 amide bonds. The molecular weight excluding hydrogens is 300 g/mol. The number of aryl methyl sites for hydroxylation is 3. The molecule has 0 radical (unpaired) electrons. The Kier molecular flexibility index (Phi) is 4.42. The predicted octanol–water partition coefficient (Wildman–Crippen LogP) is 3.37. The topological polar surface area (TPSA) is 59.8 Å². The maximum absolute atomic E-state index is 12.3. The van der Waals surface area contributed by atoms with Gasteiger partial charge >= 0.3 is 0 Å². The van der Waals surface area contributed by atoms with Crippen molar-refractivity contribution in [3.63, 3.8) is 0 Å². The maximum Gasteiger partial charge on any atom is 0.228 e. The number of amides is 1. The molecule has 1 aromatic carbocycles. The third kappa shape index (κ3) is 3.51. The molecule has 0 aliphatic heterocycles. The molecule has 0 atom stereocenters. The minimum atomic E-state index is -0.0699. The number of nitrogens with zero attached hydrogens (tertiary/aromatic N) is 3. The van der Waals surface area contributed by atoms with Gasteiger partial charge in [0.2, 0.25) is 5.91 Å². The minimum Gasteiger partial charge on any atom is -0.324 e. The monoisotopic (exact) mass is 320 g/mol. The number of carbonyl (C=O) groups excluding carboxylic acids is 1. The third-order valence-electron chi connectivity index (χ3n) is 3.81. The zero-order valence-electron chi connectivity index (χ0n) is 14.1. The molecule has 0 fully saturated rings. The van der Waals surface area contributed by atoms with Crippen LogP contribution < -0.4 is 5.32 Å². The first-order valence-electron chi connectivity index (χ1n) is 7.86. The van der Waals surface area contributed by atoms with Gasteiger partial charge in [0.05, 0.1) is 29.7 Å². The van der Waals surface area contributed by atoms with Gasteiger partial charge in [-0.25, -0.2) is 4.68 Å². The minimum absolute atomic E-state index is 0.0699. The normalized spacial score (nSPS) is 10.6. The van der Waals surface area contributed by atoms with Crippen molar-refractivity contribution < 1.29 is 4.79 Å². The molecule has 24 heavy (non-hydrogen) atoms. The second-order valence-electron chi connectivity index (χ2n) is 5.89. The van der Waals surface area contributed by atoms with Gasteiger partial charge in [0.15, 0.2) is 0 Å². The summed E-state index contributed by atoms with van der Waals surface area (Å²) in [6.45, 7) is 5.83. The van der Waals surface area contributed by atoms with Gasteiger partial charge in [-0.15, -0.1) is 0 Å². The van der Waals surface area contributed by atoms with Crippen molar-refractivity contribution in [3.05, 3.63) is 71.3 Å². The van der Waals surface area contributed by atoms with Crippen LogP contribution in [0.4, 0.5) is 5.69 Å². The number of rotatable bonds is 4. The smallest absolute Gasteiger partial charge is 0.228 e. The molecular formula is C19H20N4O. The Hall–Kier alpha value is -2.95. The largest absolute Gasteiger partial charge is 0.324 e. The van der Waals surface area contributed by atoms with Crippen LogP contribution in [0.25, 0.3) is 5.69 Å². The first-order chi connectivity index (χ1) is 11.5. The maximum atomic E-state index is 12.3. The number of aromatic nitrogens is 3. The summed E-state index contributed by atoms with van der Waals surface area (Å²) in [7, 11) is 0. The van der Waals surface area contributed by atoms with Crippen molar-refractivity contribution in [2.45, 2.75) is 27.2 Å². The van der Waals surface area contributed by atoms with E-state index in [0.717, 1.165) is 33.9 Å². The summed E-state index contributed by atoms with van der Waals surface area (Å²) in [6, 6.07) is 11.8. The van der Waals surface area contributed by atoms with E-state index >= 15 is 0 Å². The van der Waals surface area contributed by atoms with Crippen molar-refractivity contribution >= 4 is 11.6 Å². The molecule has 0 aliphatic carbocycles. The highest BCUT2D eigenvalue weighted by molar-refractivity contribution is 5.93. The standard InChI is InChI=1S/C19H20N4O/c1-13-9-14(2)21-15(3)19(13)22-18(24)10-16-11-20-23(12-16)17-7-5-4-6-8-17/h4-9,11-12H,10H2,1-3H3,(H,22,24). The van der Waals surface area contributed by atoms with Gasteiger partial charge in [-0.05, 0) is 50.1 Å². The summed E-state index contributed by atoms with van der Waals surface area (Å²) < 4.78 is 1.77. The molecule has 1 N–H and O–H groups in total. The lowest BCUT2D eigenvalue weighted by molar-refractivity contribution is -0.115. The van der Waals surface area contributed by atoms with Crippen LogP contribution in [0.1, 0.15) is 22.5 Å². The lowest BCUT2D eigenvalue weighted by Gasteiger charge is -2.11. The van der Waals surface area contributed by atoms with Gasteiger partial charge in [-0.2, -0.15) is 5.10 Å². The van der Waals surface area contributed by atoms with Crippen molar-refractivity contribution in [2.24, 2.45) is 0 Å². The van der Waals surface area contributed by atoms with Crippen LogP contribution in [0, 0.1) is 20.8 Å². The summed E-state index contributed by atoms with van der Waals surface area (Å²) >= 11 is 0. The molecule has 0 saturated heterocycles. The third-order valence-corrected chi connectivity index (χ3v) is 3.81. The van der Waals surface area contributed by atoms with Crippen molar-refractivity contribution in [1.82, 2.24) is 14.8 Å². The van der Waals surface area contributed by atoms with E-state index in [2.05, 4.69) is 15.4 Å². The van der Waals surface area contributed by atoms with E-state index < -0.39 is 0 Å². The highest BCUT2D eigenvalue weighted by atomic mass is 16.1. The van der Waals surface area contributed by atoms with Crippen molar-refractivity contribution in [3.8, 4) is 5.69 Å². The molecule has 2 heterocycles. The summed E-state index contributed by atoms with van der Waals surface area (Å²) in [5.74, 6) is -0.0699. The van der Waals surface area contributed by atoms with Gasteiger partial charge in [0, 0.05) is 11.9 Å². The molecule has 2 aromatic heterocycles. The molecule has 0 unspecified atom stereocenters. The highest BCUT2D eigenvalue weighted by Gasteiger charge is 2.11. The van der Waals surface area contributed by atoms with Crippen LogP contribution in [0.5, 0.6) is 0 Å². The molecule has 3 rings (SSSR count). The van der Waals surface area contributed by atoms with Crippen LogP contribution in [0.15, 0.2) is 48.8 Å². The Labute approximate surface area is 141 Å². The average molecular weight is 320 g/mol. The average Bonchev–Trinajstić information content (AvgIpc) is 3.00. The Morgan fingerprint density at radius 2 is 1.92 bits per heavy atom. The zero-order valence-corrected chi connectivity index (χ0v) is 14.1. The summed E-state index contributed by atoms with van der Waals surface area (Å²) in [5, 5.41) is 7.28. The Bertz CT molecular complexity index is 845. The summed E-state index contributed by atoms with van der Waals surface area (Å²) in [6.07, 6.45) is 3.88. The van der Waals surface area contributed by atoms with Crippen LogP contribution in [-0.2, 0) is 11.2 Å². The first kappa shape index (κ1) is 15.9. The van der Waals surface area contributed by atoms with Gasteiger partial charge in [0.1, 0.15) is 0 Å². The molecule has 0 bridgehead atoms. The number of hydrogen-bond donors (Lipinski definition) is 1. The summed E-state index contributed by atoms with van der Waals surface area (Å²) in [5.41, 5.74) is 5.44. The number of carbonyl (C=O) groups is 1. The zero-order chi connectivity index (χ0) is 17.1. The fraction of sp³-hybridized carbons (Fsp3) is 0.211. The number of pyridine rings is 1. The van der Waals surface area contributed by atoms with Crippen LogP contribution >= 0.6 is 0 Å². The Morgan fingerprint density at radius 3 is 2.62 bits per heavy atom. The fourth-order valence-electron chi connectivity index (χ4n) is 2.75. The van der Waals surface area contributed by atoms with E-state index in [4.69, 9.17) is 0 Å². The predicted molar refractivity (Wildman–Crippen MR) is 94.3 cm³/mol. The van der Waals surface area contributed by atoms with Crippen LogP contribution in [-0.4, -0.2) is 20.7 Å². The van der Waals surface area contributed by atoms with Gasteiger partial charge < -0.3 is 5.32 Å². The van der Waals surface area contributed by atoms with Crippen molar-refractivity contribution in [1.29, 1.82) is 0 Å². The molecule has 0 spiro atoms. The number of anilines is 1. The number of hydrogen-bond acceptors (Lipinski definition) is 3. The van der Waals surface area contributed by atoms with Gasteiger partial charge in [0.25, 0.3) is 0 Å². The van der Waals surface area contributed by atoms with E-state index in [9.17, 15) is 4.79 Å². The van der Waals surface area contributed by atoms with E-state index in [1.165, 1.54) is 0 Å². The lowest BCUT2D eigenvalue weighted by Crippen LogP contribution is -2.16. The second-order valence-corrected chi connectivity index (χ2v) is 5.89. The Balaban J connectivity index is 1.71. The fourth-order valence-corrected chi connectivity index (χ4v) is 2.75. The molecule has 3 aromatic rings. The molecule has 0 aliphatic rings. The van der Waals surface area contributed by atoms with E-state index in [1.54, 1.807) is 10.9 Å². The molecule has 122 valence electrons. The Morgan fingerprint density at radius 1 is 1.17 bits per heavy atom. The lowest BCUT2D eigenvalue weighted by atomic mass is 10.1. The van der Waals surface area contributed by atoms with E-state index in [1.807, 2.05) is 63.4 Å². The van der Waals surface area contributed by atoms with E-state index in [-0.39, 0.29) is 12.3 Å². The summed E-state index contributed by atoms with van der Waals surface area (Å²) in [4.78, 5) is 16.7. The van der Waals surface area contributed by atoms with Gasteiger partial charge in [-0.1, -0.05) is 18.2 Å². The molecule has 0 saturated carbocycles. The van der Waals surface area contributed by atoms with E-state index in [0.29, 0.717) is 0 Å².